The molecule has 0 aromatic rings. The highest BCUT2D eigenvalue weighted by Gasteiger charge is 2.45. The van der Waals surface area contributed by atoms with Crippen LogP contribution in [0.2, 0.25) is 0 Å². The lowest BCUT2D eigenvalue weighted by molar-refractivity contribution is -0.143. The summed E-state index contributed by atoms with van der Waals surface area (Å²) in [5.74, 6) is -1.27. The number of nitrogens with two attached hydrogens (primary N) is 1. The third kappa shape index (κ3) is 5.68. The summed E-state index contributed by atoms with van der Waals surface area (Å²) in [5.41, 5.74) is 6.37. The van der Waals surface area contributed by atoms with Gasteiger partial charge in [-0.3, -0.25) is 19.2 Å². The first-order valence-corrected chi connectivity index (χ1v) is 11.6. The van der Waals surface area contributed by atoms with Crippen LogP contribution in [0.15, 0.2) is 0 Å². The number of hydrogen-bond acceptors (Lipinski definition) is 5. The minimum absolute atomic E-state index is 0.00205. The first-order chi connectivity index (χ1) is 14.2. The average molecular weight is 422 g/mol. The van der Waals surface area contributed by atoms with Crippen molar-refractivity contribution >= 4 is 23.4 Å². The molecule has 1 aliphatic heterocycles. The normalized spacial score (nSPS) is 24.5. The molecule has 0 aromatic carbocycles. The number of amides is 2. The molecule has 1 unspecified atom stereocenters. The summed E-state index contributed by atoms with van der Waals surface area (Å²) in [7, 11) is 0. The number of carbonyl (C=O) groups excluding carboxylic acids is 4. The zero-order valence-corrected chi connectivity index (χ0v) is 19.0. The maximum atomic E-state index is 13.3. The first-order valence-electron chi connectivity index (χ1n) is 11.6. The molecule has 1 saturated carbocycles. The van der Waals surface area contributed by atoms with Crippen molar-refractivity contribution in [3.63, 3.8) is 0 Å². The van der Waals surface area contributed by atoms with E-state index < -0.39 is 29.7 Å². The number of ketones is 2. The Labute approximate surface area is 180 Å². The lowest BCUT2D eigenvalue weighted by atomic mass is 9.83. The van der Waals surface area contributed by atoms with Crippen molar-refractivity contribution < 1.29 is 19.2 Å². The summed E-state index contributed by atoms with van der Waals surface area (Å²) < 4.78 is 0. The molecule has 1 heterocycles. The van der Waals surface area contributed by atoms with Gasteiger partial charge in [0.2, 0.25) is 17.6 Å². The van der Waals surface area contributed by atoms with Crippen LogP contribution in [0.5, 0.6) is 0 Å². The van der Waals surface area contributed by atoms with Crippen molar-refractivity contribution in [3.8, 4) is 0 Å². The molecule has 0 bridgehead atoms. The van der Waals surface area contributed by atoms with Gasteiger partial charge in [0.25, 0.3) is 0 Å². The molecule has 7 nitrogen and oxygen atoms in total. The summed E-state index contributed by atoms with van der Waals surface area (Å²) >= 11 is 0. The zero-order chi connectivity index (χ0) is 22.4. The molecule has 0 radical (unpaired) electrons. The van der Waals surface area contributed by atoms with E-state index in [4.69, 9.17) is 5.73 Å². The van der Waals surface area contributed by atoms with Crippen LogP contribution in [0, 0.1) is 17.8 Å². The van der Waals surface area contributed by atoms with E-state index in [0.29, 0.717) is 19.4 Å². The Morgan fingerprint density at radius 1 is 1.07 bits per heavy atom. The maximum absolute atomic E-state index is 13.3. The summed E-state index contributed by atoms with van der Waals surface area (Å²) in [6.45, 7) is 7.72. The fraction of sp³-hybridized carbons (Fsp3) is 0.826. The molecule has 3 N–H and O–H groups in total. The topological polar surface area (TPSA) is 110 Å². The van der Waals surface area contributed by atoms with Crippen LogP contribution in [0.1, 0.15) is 79.1 Å². The third-order valence-corrected chi connectivity index (χ3v) is 6.85. The second-order valence-electron chi connectivity index (χ2n) is 9.37. The van der Waals surface area contributed by atoms with Gasteiger partial charge < -0.3 is 16.0 Å². The van der Waals surface area contributed by atoms with E-state index in [2.05, 4.69) is 5.32 Å². The van der Waals surface area contributed by atoms with Crippen LogP contribution < -0.4 is 11.1 Å². The van der Waals surface area contributed by atoms with Gasteiger partial charge in [0, 0.05) is 13.5 Å². The minimum Gasteiger partial charge on any atom is -0.344 e. The van der Waals surface area contributed by atoms with Crippen LogP contribution in [-0.4, -0.2) is 53.0 Å². The average Bonchev–Trinajstić information content (AvgIpc) is 3.18. The molecule has 30 heavy (non-hydrogen) atoms. The van der Waals surface area contributed by atoms with Gasteiger partial charge in [-0.1, -0.05) is 46.5 Å². The molecule has 1 saturated heterocycles. The fourth-order valence-electron chi connectivity index (χ4n) is 5.04. The van der Waals surface area contributed by atoms with Crippen molar-refractivity contribution in [1.82, 2.24) is 10.2 Å². The van der Waals surface area contributed by atoms with Crippen LogP contribution in [-0.2, 0) is 19.2 Å². The Kier molecular flexibility index (Phi) is 9.01. The smallest absolute Gasteiger partial charge is 0.243 e. The number of Topliss-reactive ketones (excluding diaryl/α,β-unsaturated/α-hetero) is 2. The van der Waals surface area contributed by atoms with Gasteiger partial charge in [-0.25, -0.2) is 0 Å². The van der Waals surface area contributed by atoms with Crippen molar-refractivity contribution in [2.45, 2.75) is 97.2 Å². The van der Waals surface area contributed by atoms with Gasteiger partial charge in [-0.15, -0.1) is 0 Å². The van der Waals surface area contributed by atoms with Gasteiger partial charge in [-0.2, -0.15) is 0 Å². The molecular weight excluding hydrogens is 382 g/mol. The summed E-state index contributed by atoms with van der Waals surface area (Å²) in [6, 6.07) is -2.07. The van der Waals surface area contributed by atoms with Gasteiger partial charge in [0.15, 0.2) is 5.78 Å². The second-order valence-corrected chi connectivity index (χ2v) is 9.37. The lowest BCUT2D eigenvalue weighted by Gasteiger charge is -2.34. The van der Waals surface area contributed by atoms with Crippen LogP contribution in [0.3, 0.4) is 0 Å². The molecule has 4 atom stereocenters. The van der Waals surface area contributed by atoms with Crippen molar-refractivity contribution in [3.05, 3.63) is 0 Å². The Morgan fingerprint density at radius 3 is 2.23 bits per heavy atom. The highest BCUT2D eigenvalue weighted by atomic mass is 16.2. The van der Waals surface area contributed by atoms with E-state index in [1.165, 1.54) is 13.3 Å². The van der Waals surface area contributed by atoms with Crippen LogP contribution >= 0.6 is 0 Å². The molecule has 2 amide bonds. The number of carbonyl (C=O) groups is 4. The van der Waals surface area contributed by atoms with Gasteiger partial charge in [-0.05, 0) is 43.4 Å². The first kappa shape index (κ1) is 24.5. The Morgan fingerprint density at radius 2 is 1.70 bits per heavy atom. The molecular formula is C23H39N3O4. The monoisotopic (exact) mass is 421 g/mol. The maximum Gasteiger partial charge on any atom is 0.243 e. The number of likely N-dealkylation sites (tertiary alicyclic amines) is 1. The highest BCUT2D eigenvalue weighted by molar-refractivity contribution is 6.38. The number of rotatable bonds is 9. The lowest BCUT2D eigenvalue weighted by Crippen LogP contribution is -2.57. The second kappa shape index (κ2) is 11.0. The molecule has 0 spiro atoms. The Hall–Kier alpha value is -1.76. The van der Waals surface area contributed by atoms with Crippen molar-refractivity contribution in [2.75, 3.05) is 6.54 Å². The molecule has 1 aliphatic carbocycles. The van der Waals surface area contributed by atoms with E-state index in [1.54, 1.807) is 4.90 Å². The van der Waals surface area contributed by atoms with Gasteiger partial charge in [0.05, 0.1) is 12.1 Å². The van der Waals surface area contributed by atoms with E-state index >= 15 is 0 Å². The molecule has 2 rings (SSSR count). The summed E-state index contributed by atoms with van der Waals surface area (Å²) in [6.07, 6.45) is 7.08. The largest absolute Gasteiger partial charge is 0.344 e. The minimum atomic E-state index is -0.836. The predicted octanol–water partition coefficient (Wildman–Crippen LogP) is 2.21. The van der Waals surface area contributed by atoms with Gasteiger partial charge >= 0.3 is 0 Å². The molecule has 2 aliphatic rings. The SMILES string of the molecule is CCCC(NC(=O)[C@@H]1[C@@H](C(C)C)CCN1C(=O)[C@@H](N)C1CCCCC1)C(=O)C(C)=O. The highest BCUT2D eigenvalue weighted by Crippen LogP contribution is 2.33. The Balaban J connectivity index is 2.20. The molecule has 170 valence electrons. The summed E-state index contributed by atoms with van der Waals surface area (Å²) in [5, 5.41) is 2.79. The predicted molar refractivity (Wildman–Crippen MR) is 116 cm³/mol. The third-order valence-electron chi connectivity index (χ3n) is 6.85. The van der Waals surface area contributed by atoms with Crippen molar-refractivity contribution in [1.29, 1.82) is 0 Å². The molecule has 2 fully saturated rings. The van der Waals surface area contributed by atoms with Gasteiger partial charge in [0.1, 0.15) is 6.04 Å². The van der Waals surface area contributed by atoms with Crippen molar-refractivity contribution in [2.24, 2.45) is 23.5 Å². The Bertz CT molecular complexity index is 642. The van der Waals surface area contributed by atoms with E-state index in [0.717, 1.165) is 32.1 Å². The number of nitrogens with zero attached hydrogens (tertiary/aromatic N) is 1. The number of nitrogens with one attached hydrogen (secondary N) is 1. The van der Waals surface area contributed by atoms with Crippen LogP contribution in [0.25, 0.3) is 0 Å². The van der Waals surface area contributed by atoms with E-state index in [9.17, 15) is 19.2 Å². The van der Waals surface area contributed by atoms with E-state index in [1.807, 2.05) is 20.8 Å². The molecule has 0 aromatic heterocycles. The number of hydrogen-bond donors (Lipinski definition) is 2. The fourth-order valence-corrected chi connectivity index (χ4v) is 5.04. The quantitative estimate of drug-likeness (QED) is 0.555. The van der Waals surface area contributed by atoms with E-state index in [-0.39, 0.29) is 29.6 Å². The molecule has 7 heteroatoms. The standard InChI is InChI=1S/C23H39N3O4/c1-5-9-18(21(28)15(4)27)25-22(29)20-17(14(2)3)12-13-26(20)23(30)19(24)16-10-7-6-8-11-16/h14,16-20H,5-13,24H2,1-4H3,(H,25,29)/t17-,18?,19+,20+/m1/s1. The zero-order valence-electron chi connectivity index (χ0n) is 19.0. The van der Waals surface area contributed by atoms with Crippen LogP contribution in [0.4, 0.5) is 0 Å². The summed E-state index contributed by atoms with van der Waals surface area (Å²) in [4.78, 5) is 52.1.